The summed E-state index contributed by atoms with van der Waals surface area (Å²) in [7, 11) is 0. The van der Waals surface area contributed by atoms with Crippen LogP contribution in [0.5, 0.6) is 5.75 Å². The first-order valence-electron chi connectivity index (χ1n) is 7.23. The molecule has 1 aromatic rings. The van der Waals surface area contributed by atoms with E-state index in [9.17, 15) is 0 Å². The van der Waals surface area contributed by atoms with Crippen LogP contribution in [0.2, 0.25) is 0 Å². The molecule has 20 heavy (non-hydrogen) atoms. The normalized spacial score (nSPS) is 30.5. The molecule has 5 nitrogen and oxygen atoms in total. The maximum atomic E-state index is 5.75. The Morgan fingerprint density at radius 2 is 1.95 bits per heavy atom. The lowest BCUT2D eigenvalue weighted by Crippen LogP contribution is -2.46. The first kappa shape index (κ1) is 12.4. The summed E-state index contributed by atoms with van der Waals surface area (Å²) in [5, 5.41) is 0. The SMILES string of the molecule is c1cc(OCC2CO2)cc(N(CC2CO2)C2CCO2)c1. The van der Waals surface area contributed by atoms with Crippen LogP contribution in [0.4, 0.5) is 5.69 Å². The topological polar surface area (TPSA) is 46.8 Å². The quantitative estimate of drug-likeness (QED) is 0.705. The molecule has 3 aliphatic heterocycles. The van der Waals surface area contributed by atoms with Crippen LogP contribution >= 0.6 is 0 Å². The maximum absolute atomic E-state index is 5.75. The number of nitrogens with zero attached hydrogens (tertiary/aromatic N) is 1. The second-order valence-electron chi connectivity index (χ2n) is 5.49. The van der Waals surface area contributed by atoms with Gasteiger partial charge in [-0.25, -0.2) is 0 Å². The molecule has 3 saturated heterocycles. The molecule has 5 heteroatoms. The lowest BCUT2D eigenvalue weighted by atomic mass is 10.2. The minimum Gasteiger partial charge on any atom is -0.491 e. The van der Waals surface area contributed by atoms with Gasteiger partial charge in [0.2, 0.25) is 0 Å². The Morgan fingerprint density at radius 3 is 2.60 bits per heavy atom. The van der Waals surface area contributed by atoms with Gasteiger partial charge in [-0.15, -0.1) is 0 Å². The third-order valence-corrected chi connectivity index (χ3v) is 3.81. The predicted octanol–water partition coefficient (Wildman–Crippen LogP) is 1.42. The highest BCUT2D eigenvalue weighted by molar-refractivity contribution is 5.51. The van der Waals surface area contributed by atoms with E-state index in [-0.39, 0.29) is 12.3 Å². The van der Waals surface area contributed by atoms with Crippen molar-refractivity contribution in [2.75, 3.05) is 37.9 Å². The molecule has 0 radical (unpaired) electrons. The molecular formula is C15H19NO4. The second-order valence-corrected chi connectivity index (χ2v) is 5.49. The molecule has 3 unspecified atom stereocenters. The predicted molar refractivity (Wildman–Crippen MR) is 73.1 cm³/mol. The molecule has 3 fully saturated rings. The molecule has 0 spiro atoms. The molecule has 108 valence electrons. The molecule has 0 aliphatic carbocycles. The van der Waals surface area contributed by atoms with E-state index in [1.165, 1.54) is 0 Å². The number of anilines is 1. The molecule has 3 heterocycles. The number of ether oxygens (including phenoxy) is 4. The highest BCUT2D eigenvalue weighted by Crippen LogP contribution is 2.29. The van der Waals surface area contributed by atoms with Crippen LogP contribution < -0.4 is 9.64 Å². The van der Waals surface area contributed by atoms with Crippen LogP contribution in [0.15, 0.2) is 24.3 Å². The van der Waals surface area contributed by atoms with Gasteiger partial charge in [0.05, 0.1) is 25.9 Å². The number of hydrogen-bond acceptors (Lipinski definition) is 5. The molecule has 0 aromatic heterocycles. The molecule has 3 atom stereocenters. The Labute approximate surface area is 118 Å². The zero-order chi connectivity index (χ0) is 13.4. The molecule has 0 amide bonds. The lowest BCUT2D eigenvalue weighted by Gasteiger charge is -2.38. The number of hydrogen-bond donors (Lipinski definition) is 0. The number of epoxide rings is 2. The molecule has 3 aliphatic rings. The van der Waals surface area contributed by atoms with Crippen LogP contribution in [0, 0.1) is 0 Å². The summed E-state index contributed by atoms with van der Waals surface area (Å²) in [6, 6.07) is 8.19. The fourth-order valence-corrected chi connectivity index (χ4v) is 2.36. The summed E-state index contributed by atoms with van der Waals surface area (Å²) in [6.45, 7) is 4.05. The van der Waals surface area contributed by atoms with E-state index in [0.29, 0.717) is 12.7 Å². The van der Waals surface area contributed by atoms with Crippen molar-refractivity contribution in [3.8, 4) is 5.75 Å². The van der Waals surface area contributed by atoms with Crippen LogP contribution in [-0.4, -0.2) is 51.4 Å². The van der Waals surface area contributed by atoms with E-state index in [1.807, 2.05) is 12.1 Å². The monoisotopic (exact) mass is 277 g/mol. The molecule has 0 saturated carbocycles. The van der Waals surface area contributed by atoms with Crippen molar-refractivity contribution in [3.63, 3.8) is 0 Å². The summed E-state index contributed by atoms with van der Waals surface area (Å²) in [5.74, 6) is 0.888. The zero-order valence-corrected chi connectivity index (χ0v) is 11.4. The van der Waals surface area contributed by atoms with Crippen LogP contribution in [0.25, 0.3) is 0 Å². The number of benzene rings is 1. The van der Waals surface area contributed by atoms with Gasteiger partial charge in [0, 0.05) is 24.7 Å². The third-order valence-electron chi connectivity index (χ3n) is 3.81. The van der Waals surface area contributed by atoms with Gasteiger partial charge < -0.3 is 23.8 Å². The van der Waals surface area contributed by atoms with Gasteiger partial charge in [0.25, 0.3) is 0 Å². The van der Waals surface area contributed by atoms with E-state index in [4.69, 9.17) is 18.9 Å². The van der Waals surface area contributed by atoms with E-state index < -0.39 is 0 Å². The maximum Gasteiger partial charge on any atom is 0.132 e. The molecule has 1 aromatic carbocycles. The van der Waals surface area contributed by atoms with Crippen molar-refractivity contribution in [1.82, 2.24) is 0 Å². The molecule has 0 bridgehead atoms. The zero-order valence-electron chi connectivity index (χ0n) is 11.4. The molecular weight excluding hydrogens is 258 g/mol. The minimum atomic E-state index is 0.182. The van der Waals surface area contributed by atoms with Crippen LogP contribution in [-0.2, 0) is 14.2 Å². The Hall–Kier alpha value is -1.30. The van der Waals surface area contributed by atoms with Crippen molar-refractivity contribution >= 4 is 5.69 Å². The second kappa shape index (κ2) is 5.24. The van der Waals surface area contributed by atoms with Crippen molar-refractivity contribution in [1.29, 1.82) is 0 Å². The highest BCUT2D eigenvalue weighted by atomic mass is 16.6. The lowest BCUT2D eigenvalue weighted by molar-refractivity contribution is -0.0516. The Bertz CT molecular complexity index is 469. The van der Waals surface area contributed by atoms with Gasteiger partial charge >= 0.3 is 0 Å². The van der Waals surface area contributed by atoms with Crippen molar-refractivity contribution in [2.24, 2.45) is 0 Å². The van der Waals surface area contributed by atoms with Gasteiger partial charge in [-0.2, -0.15) is 0 Å². The molecule has 0 N–H and O–H groups in total. The summed E-state index contributed by atoms with van der Waals surface area (Å²) >= 11 is 0. The first-order valence-corrected chi connectivity index (χ1v) is 7.23. The van der Waals surface area contributed by atoms with Crippen LogP contribution in [0.3, 0.4) is 0 Å². The number of rotatable bonds is 7. The van der Waals surface area contributed by atoms with Gasteiger partial charge in [-0.3, -0.25) is 0 Å². The Morgan fingerprint density at radius 1 is 1.15 bits per heavy atom. The first-order chi connectivity index (χ1) is 9.88. The van der Waals surface area contributed by atoms with Gasteiger partial charge in [0.1, 0.15) is 24.7 Å². The van der Waals surface area contributed by atoms with Crippen molar-refractivity contribution < 1.29 is 18.9 Å². The fourth-order valence-electron chi connectivity index (χ4n) is 2.36. The average molecular weight is 277 g/mol. The highest BCUT2D eigenvalue weighted by Gasteiger charge is 2.33. The smallest absolute Gasteiger partial charge is 0.132 e. The van der Waals surface area contributed by atoms with Crippen molar-refractivity contribution in [2.45, 2.75) is 24.9 Å². The minimum absolute atomic E-state index is 0.182. The fraction of sp³-hybridized carbons (Fsp3) is 0.600. The Kier molecular flexibility index (Phi) is 3.26. The standard InChI is InChI=1S/C15H19NO4/c1-2-11(6-12(3-1)18-9-14-10-20-14)16(7-13-8-19-13)15-4-5-17-15/h1-3,6,13-15H,4-5,7-10H2. The van der Waals surface area contributed by atoms with E-state index in [1.54, 1.807) is 0 Å². The Balaban J connectivity index is 1.46. The van der Waals surface area contributed by atoms with Crippen molar-refractivity contribution in [3.05, 3.63) is 24.3 Å². The van der Waals surface area contributed by atoms with Crippen LogP contribution in [0.1, 0.15) is 6.42 Å². The van der Waals surface area contributed by atoms with Gasteiger partial charge in [-0.1, -0.05) is 6.07 Å². The summed E-state index contributed by atoms with van der Waals surface area (Å²) < 4.78 is 21.9. The van der Waals surface area contributed by atoms with Gasteiger partial charge in [-0.05, 0) is 12.1 Å². The van der Waals surface area contributed by atoms with E-state index >= 15 is 0 Å². The van der Waals surface area contributed by atoms with E-state index in [0.717, 1.165) is 44.2 Å². The molecule has 4 rings (SSSR count). The average Bonchev–Trinajstić information content (AvgIpc) is 3.28. The summed E-state index contributed by atoms with van der Waals surface area (Å²) in [5.41, 5.74) is 1.14. The summed E-state index contributed by atoms with van der Waals surface area (Å²) in [6.07, 6.45) is 1.89. The third kappa shape index (κ3) is 2.90. The summed E-state index contributed by atoms with van der Waals surface area (Å²) in [4.78, 5) is 2.28. The van der Waals surface area contributed by atoms with Gasteiger partial charge in [0.15, 0.2) is 0 Å². The van der Waals surface area contributed by atoms with E-state index in [2.05, 4.69) is 17.0 Å². The largest absolute Gasteiger partial charge is 0.491 e.